The fraction of sp³-hybridized carbons (Fsp3) is 0.231. The van der Waals surface area contributed by atoms with Crippen molar-refractivity contribution in [3.63, 3.8) is 0 Å². The summed E-state index contributed by atoms with van der Waals surface area (Å²) >= 11 is 0. The van der Waals surface area contributed by atoms with Gasteiger partial charge in [0.15, 0.2) is 0 Å². The van der Waals surface area contributed by atoms with Crippen molar-refractivity contribution in [3.05, 3.63) is 103 Å². The van der Waals surface area contributed by atoms with E-state index in [1.807, 2.05) is 0 Å². The maximum atomic E-state index is 11.8. The number of para-hydroxylation sites is 2. The van der Waals surface area contributed by atoms with Gasteiger partial charge in [-0.1, -0.05) is 30.3 Å². The van der Waals surface area contributed by atoms with Crippen LogP contribution in [0.3, 0.4) is 0 Å². The van der Waals surface area contributed by atoms with Crippen molar-refractivity contribution in [2.24, 2.45) is 0 Å². The van der Waals surface area contributed by atoms with Crippen molar-refractivity contribution in [2.45, 2.75) is 32.1 Å². The zero-order valence-corrected chi connectivity index (χ0v) is 19.4. The van der Waals surface area contributed by atoms with Crippen molar-refractivity contribution in [1.29, 1.82) is 5.26 Å². The predicted molar refractivity (Wildman–Crippen MR) is 131 cm³/mol. The number of hydrogen-bond donors (Lipinski definition) is 0. The molecule has 4 rings (SSSR count). The van der Waals surface area contributed by atoms with Crippen molar-refractivity contribution >= 4 is 23.0 Å². The van der Waals surface area contributed by atoms with E-state index < -0.39 is 15.8 Å². The third-order valence-corrected chi connectivity index (χ3v) is 5.98. The normalized spacial score (nSPS) is 16.0. The Morgan fingerprint density at radius 2 is 1.78 bits per heavy atom. The largest absolute Gasteiger partial charge is 0.315 e. The summed E-state index contributed by atoms with van der Waals surface area (Å²) in [4.78, 5) is 37.4. The minimum atomic E-state index is -0.448. The van der Waals surface area contributed by atoms with Crippen molar-refractivity contribution in [1.82, 2.24) is 4.98 Å². The first kappa shape index (κ1) is 24.5. The number of allylic oxidation sites excluding steroid dienone is 1. The highest BCUT2D eigenvalue weighted by atomic mass is 17.2. The summed E-state index contributed by atoms with van der Waals surface area (Å²) in [5, 5.41) is 33.2. The number of aromatic nitrogens is 1. The van der Waals surface area contributed by atoms with Crippen LogP contribution in [0, 0.1) is 31.6 Å². The van der Waals surface area contributed by atoms with Crippen LogP contribution in [0.4, 0.5) is 11.4 Å². The lowest BCUT2D eigenvalue weighted by Crippen LogP contribution is -2.09. The van der Waals surface area contributed by atoms with Gasteiger partial charge < -0.3 is 4.89 Å². The van der Waals surface area contributed by atoms with Gasteiger partial charge >= 0.3 is 0 Å². The van der Waals surface area contributed by atoms with E-state index in [4.69, 9.17) is 9.78 Å². The van der Waals surface area contributed by atoms with E-state index in [0.717, 1.165) is 0 Å². The molecular weight excluding hydrogens is 464 g/mol. The van der Waals surface area contributed by atoms with Gasteiger partial charge in [-0.25, -0.2) is 4.98 Å². The average Bonchev–Trinajstić information content (AvgIpc) is 3.05. The van der Waals surface area contributed by atoms with Crippen LogP contribution >= 0.6 is 0 Å². The summed E-state index contributed by atoms with van der Waals surface area (Å²) in [7, 11) is 0. The van der Waals surface area contributed by atoms with Crippen LogP contribution in [0.25, 0.3) is 11.6 Å². The first-order chi connectivity index (χ1) is 17.4. The molecule has 0 radical (unpaired) electrons. The molecule has 2 aromatic carbocycles. The van der Waals surface area contributed by atoms with E-state index >= 15 is 0 Å². The van der Waals surface area contributed by atoms with Gasteiger partial charge in [0.2, 0.25) is 0 Å². The van der Waals surface area contributed by atoms with Gasteiger partial charge in [-0.2, -0.15) is 10.1 Å². The highest BCUT2D eigenvalue weighted by Gasteiger charge is 2.31. The quantitative estimate of drug-likeness (QED) is 0.172. The first-order valence-electron chi connectivity index (χ1n) is 11.4. The number of pyridine rings is 1. The summed E-state index contributed by atoms with van der Waals surface area (Å²) in [6, 6.07) is 16.6. The lowest BCUT2D eigenvalue weighted by molar-refractivity contribution is -0.385. The zero-order valence-electron chi connectivity index (χ0n) is 19.4. The summed E-state index contributed by atoms with van der Waals surface area (Å²) in [5.41, 5.74) is 2.75. The Morgan fingerprint density at radius 3 is 2.47 bits per heavy atom. The van der Waals surface area contributed by atoms with E-state index in [2.05, 4.69) is 11.1 Å². The minimum Gasteiger partial charge on any atom is -0.315 e. The average molecular weight is 486 g/mol. The number of nitrogens with zero attached hydrogens (tertiary/aromatic N) is 4. The molecule has 0 spiro atoms. The lowest BCUT2D eigenvalue weighted by Gasteiger charge is -2.19. The van der Waals surface area contributed by atoms with E-state index in [0.29, 0.717) is 47.2 Å². The van der Waals surface area contributed by atoms with E-state index in [1.54, 1.807) is 55.5 Å². The van der Waals surface area contributed by atoms with E-state index in [1.165, 1.54) is 12.1 Å². The van der Waals surface area contributed by atoms with Crippen molar-refractivity contribution < 1.29 is 19.6 Å². The molecule has 3 aromatic rings. The molecule has 0 fully saturated rings. The third kappa shape index (κ3) is 4.92. The van der Waals surface area contributed by atoms with Crippen LogP contribution in [-0.4, -0.2) is 21.4 Å². The molecule has 0 N–H and O–H groups in total. The van der Waals surface area contributed by atoms with Crippen LogP contribution in [0.5, 0.6) is 5.88 Å². The Kier molecular flexibility index (Phi) is 7.32. The van der Waals surface area contributed by atoms with Gasteiger partial charge in [0.1, 0.15) is 11.6 Å². The monoisotopic (exact) mass is 486 g/mol. The number of hydrogen-bond acceptors (Lipinski definition) is 8. The van der Waals surface area contributed by atoms with Gasteiger partial charge in [-0.15, -0.1) is 0 Å². The van der Waals surface area contributed by atoms with Gasteiger partial charge in [0.05, 0.1) is 27.7 Å². The second-order valence-corrected chi connectivity index (χ2v) is 8.13. The van der Waals surface area contributed by atoms with Crippen LogP contribution in [-0.2, 0) is 4.89 Å². The summed E-state index contributed by atoms with van der Waals surface area (Å²) in [6.07, 6.45) is 3.43. The molecule has 0 saturated heterocycles. The number of nitro groups is 2. The number of rotatable bonds is 7. The highest BCUT2D eigenvalue weighted by molar-refractivity contribution is 5.85. The Morgan fingerprint density at radius 1 is 1.08 bits per heavy atom. The summed E-state index contributed by atoms with van der Waals surface area (Å²) < 4.78 is 0. The number of nitriles is 1. The van der Waals surface area contributed by atoms with Gasteiger partial charge in [0, 0.05) is 23.6 Å². The van der Waals surface area contributed by atoms with E-state index in [9.17, 15) is 25.5 Å². The minimum absolute atomic E-state index is 0.0206. The molecule has 182 valence electrons. The van der Waals surface area contributed by atoms with Gasteiger partial charge in [0.25, 0.3) is 17.3 Å². The fourth-order valence-electron chi connectivity index (χ4n) is 4.44. The molecule has 1 heterocycles. The molecule has 1 aliphatic rings. The lowest BCUT2D eigenvalue weighted by atomic mass is 9.86. The maximum absolute atomic E-state index is 11.8. The van der Waals surface area contributed by atoms with Crippen LogP contribution < -0.4 is 4.89 Å². The highest BCUT2D eigenvalue weighted by Crippen LogP contribution is 2.44. The predicted octanol–water partition coefficient (Wildman–Crippen LogP) is 5.96. The van der Waals surface area contributed by atoms with Crippen molar-refractivity contribution in [3.8, 4) is 11.9 Å². The van der Waals surface area contributed by atoms with Gasteiger partial charge in [-0.3, -0.25) is 20.2 Å². The van der Waals surface area contributed by atoms with Crippen LogP contribution in [0.2, 0.25) is 0 Å². The number of nitro benzene ring substituents is 2. The van der Waals surface area contributed by atoms with Crippen LogP contribution in [0.1, 0.15) is 60.1 Å². The first-order valence-corrected chi connectivity index (χ1v) is 11.4. The van der Waals surface area contributed by atoms with Gasteiger partial charge in [-0.05, 0) is 55.5 Å². The Bertz CT molecular complexity index is 1400. The molecule has 0 saturated carbocycles. The fourth-order valence-corrected chi connectivity index (χ4v) is 4.44. The molecule has 36 heavy (non-hydrogen) atoms. The Balaban J connectivity index is 1.97. The molecule has 0 amide bonds. The second kappa shape index (κ2) is 10.8. The summed E-state index contributed by atoms with van der Waals surface area (Å²) in [5.74, 6) is -0.450. The van der Waals surface area contributed by atoms with E-state index in [-0.39, 0.29) is 29.4 Å². The molecule has 1 unspecified atom stereocenters. The topological polar surface area (TPSA) is 141 Å². The standard InChI is InChI=1S/C26H22N4O6/c1-2-35-36-26-19(16-27)15-22-20(21-10-4-6-13-24(21)30(33)34)11-7-9-18(25(22)28-26)14-17-8-3-5-12-23(17)29(31)32/h3-6,8,10,12-15,20H,2,7,9,11H2,1H3/b18-14+. The second-order valence-electron chi connectivity index (χ2n) is 8.13. The Hall–Kier alpha value is -4.62. The molecule has 1 aromatic heterocycles. The number of fused-ring (bicyclic) bond motifs is 1. The molecule has 10 heteroatoms. The smallest absolute Gasteiger partial charge is 0.276 e. The third-order valence-electron chi connectivity index (χ3n) is 5.98. The molecular formula is C26H22N4O6. The maximum Gasteiger partial charge on any atom is 0.276 e. The Labute approximate surface area is 206 Å². The zero-order chi connectivity index (χ0) is 25.7. The SMILES string of the molecule is CCOOc1nc2c(cc1C#N)C(c1ccccc1[N+](=O)[O-])CCC/C2=C\c1ccccc1[N+](=O)[O-]. The van der Waals surface area contributed by atoms with Crippen LogP contribution in [0.15, 0.2) is 54.6 Å². The molecule has 0 bridgehead atoms. The summed E-state index contributed by atoms with van der Waals surface area (Å²) in [6.45, 7) is 1.95. The van der Waals surface area contributed by atoms with Crippen molar-refractivity contribution in [2.75, 3.05) is 6.61 Å². The molecule has 1 aliphatic carbocycles. The molecule has 1 atom stereocenters. The molecule has 10 nitrogen and oxygen atoms in total. The molecule has 0 aliphatic heterocycles. The number of benzene rings is 2.